The molecule has 0 amide bonds. The molecule has 1 heterocycles. The number of rotatable bonds is 2. The van der Waals surface area contributed by atoms with Gasteiger partial charge in [0.25, 0.3) is 0 Å². The van der Waals surface area contributed by atoms with Crippen molar-refractivity contribution in [3.05, 3.63) is 30.6 Å². The number of aromatic nitrogens is 2. The molecule has 13 heavy (non-hydrogen) atoms. The molecule has 1 saturated carbocycles. The van der Waals surface area contributed by atoms with E-state index in [0.717, 1.165) is 24.3 Å². The molecule has 1 unspecified atom stereocenters. The quantitative estimate of drug-likeness (QED) is 0.628. The van der Waals surface area contributed by atoms with E-state index in [2.05, 4.69) is 28.1 Å². The molecule has 68 valence electrons. The minimum absolute atomic E-state index is 0.842. The Labute approximate surface area is 78.3 Å². The lowest BCUT2D eigenvalue weighted by atomic mass is 9.94. The minimum Gasteiger partial charge on any atom is -0.272 e. The molecule has 1 aromatic heterocycles. The van der Waals surface area contributed by atoms with Crippen LogP contribution >= 0.6 is 0 Å². The normalized spacial score (nSPS) is 35.8. The third-order valence-corrected chi connectivity index (χ3v) is 3.40. The Morgan fingerprint density at radius 1 is 1.31 bits per heavy atom. The van der Waals surface area contributed by atoms with Crippen LogP contribution in [0.5, 0.6) is 0 Å². The summed E-state index contributed by atoms with van der Waals surface area (Å²) in [5.41, 5.74) is 0. The third kappa shape index (κ3) is 1.21. The number of hydrogen-bond acceptors (Lipinski definition) is 1. The molecule has 2 aliphatic carbocycles. The van der Waals surface area contributed by atoms with Crippen LogP contribution in [0.1, 0.15) is 12.8 Å². The van der Waals surface area contributed by atoms with Crippen LogP contribution in [0, 0.1) is 17.8 Å². The zero-order valence-corrected chi connectivity index (χ0v) is 7.63. The van der Waals surface area contributed by atoms with Gasteiger partial charge in [-0.15, -0.1) is 0 Å². The van der Waals surface area contributed by atoms with Gasteiger partial charge in [-0.3, -0.25) is 4.68 Å². The van der Waals surface area contributed by atoms with E-state index in [9.17, 15) is 0 Å². The maximum absolute atomic E-state index is 4.26. The molecule has 0 saturated heterocycles. The largest absolute Gasteiger partial charge is 0.272 e. The van der Waals surface area contributed by atoms with Gasteiger partial charge in [-0.1, -0.05) is 12.2 Å². The Hall–Kier alpha value is -1.05. The van der Waals surface area contributed by atoms with Crippen LogP contribution in [0.3, 0.4) is 0 Å². The average Bonchev–Trinajstić information content (AvgIpc) is 2.77. The molecule has 2 aliphatic rings. The predicted octanol–water partition coefficient (Wildman–Crippen LogP) is 2.10. The summed E-state index contributed by atoms with van der Waals surface area (Å²) in [6.07, 6.45) is 11.5. The second-order valence-electron chi connectivity index (χ2n) is 4.27. The first kappa shape index (κ1) is 7.36. The van der Waals surface area contributed by atoms with Crippen LogP contribution < -0.4 is 0 Å². The maximum atomic E-state index is 4.26. The summed E-state index contributed by atoms with van der Waals surface area (Å²) in [6.45, 7) is 1.11. The van der Waals surface area contributed by atoms with Gasteiger partial charge in [-0.25, -0.2) is 0 Å². The van der Waals surface area contributed by atoms with Crippen LogP contribution in [0.15, 0.2) is 30.6 Å². The molecule has 2 bridgehead atoms. The lowest BCUT2D eigenvalue weighted by Crippen LogP contribution is -2.15. The summed E-state index contributed by atoms with van der Waals surface area (Å²) < 4.78 is 2.07. The Kier molecular flexibility index (Phi) is 1.54. The summed E-state index contributed by atoms with van der Waals surface area (Å²) in [7, 11) is 0. The van der Waals surface area contributed by atoms with Crippen molar-refractivity contribution in [1.29, 1.82) is 0 Å². The second kappa shape index (κ2) is 2.72. The first-order chi connectivity index (χ1) is 6.42. The third-order valence-electron chi connectivity index (χ3n) is 3.40. The molecule has 1 aromatic rings. The highest BCUT2D eigenvalue weighted by atomic mass is 15.3. The zero-order valence-electron chi connectivity index (χ0n) is 7.63. The van der Waals surface area contributed by atoms with Gasteiger partial charge < -0.3 is 0 Å². The lowest BCUT2D eigenvalue weighted by molar-refractivity contribution is 0.365. The van der Waals surface area contributed by atoms with E-state index in [1.54, 1.807) is 0 Å². The SMILES string of the molecule is C1=C[C@@H]2CC1[C@H](Cn1cccn1)C2. The van der Waals surface area contributed by atoms with Crippen molar-refractivity contribution in [3.8, 4) is 0 Å². The van der Waals surface area contributed by atoms with Crippen molar-refractivity contribution >= 4 is 0 Å². The number of nitrogens with zero attached hydrogens (tertiary/aromatic N) is 2. The molecule has 2 heteroatoms. The Morgan fingerprint density at radius 2 is 2.31 bits per heavy atom. The van der Waals surface area contributed by atoms with E-state index in [1.165, 1.54) is 12.8 Å². The second-order valence-corrected chi connectivity index (χ2v) is 4.27. The fraction of sp³-hybridized carbons (Fsp3) is 0.545. The first-order valence-corrected chi connectivity index (χ1v) is 5.07. The Morgan fingerprint density at radius 3 is 2.92 bits per heavy atom. The highest BCUT2D eigenvalue weighted by molar-refractivity contribution is 5.09. The molecule has 3 atom stereocenters. The first-order valence-electron chi connectivity index (χ1n) is 5.07. The molecule has 0 N–H and O–H groups in total. The highest BCUT2D eigenvalue weighted by Crippen LogP contribution is 2.43. The van der Waals surface area contributed by atoms with Crippen LogP contribution in [0.2, 0.25) is 0 Å². The van der Waals surface area contributed by atoms with E-state index in [1.807, 2.05) is 12.3 Å². The summed E-state index contributed by atoms with van der Waals surface area (Å²) in [5, 5.41) is 4.26. The highest BCUT2D eigenvalue weighted by Gasteiger charge is 2.35. The number of allylic oxidation sites excluding steroid dienone is 2. The fourth-order valence-electron chi connectivity index (χ4n) is 2.75. The topological polar surface area (TPSA) is 17.8 Å². The van der Waals surface area contributed by atoms with Crippen molar-refractivity contribution in [1.82, 2.24) is 9.78 Å². The summed E-state index contributed by atoms with van der Waals surface area (Å²) in [4.78, 5) is 0. The minimum atomic E-state index is 0.842. The monoisotopic (exact) mass is 174 g/mol. The van der Waals surface area contributed by atoms with Gasteiger partial charge >= 0.3 is 0 Å². The maximum Gasteiger partial charge on any atom is 0.0489 e. The molecule has 0 radical (unpaired) electrons. The van der Waals surface area contributed by atoms with Crippen LogP contribution in [-0.4, -0.2) is 9.78 Å². The van der Waals surface area contributed by atoms with Gasteiger partial charge in [0.05, 0.1) is 0 Å². The van der Waals surface area contributed by atoms with Gasteiger partial charge in [-0.2, -0.15) is 5.10 Å². The Bertz CT molecular complexity index is 313. The molecule has 1 fully saturated rings. The summed E-state index contributed by atoms with van der Waals surface area (Å²) >= 11 is 0. The average molecular weight is 174 g/mol. The van der Waals surface area contributed by atoms with Crippen LogP contribution in [0.4, 0.5) is 0 Å². The van der Waals surface area contributed by atoms with Gasteiger partial charge in [0, 0.05) is 18.9 Å². The smallest absolute Gasteiger partial charge is 0.0489 e. The van der Waals surface area contributed by atoms with Crippen molar-refractivity contribution < 1.29 is 0 Å². The molecule has 2 nitrogen and oxygen atoms in total. The summed E-state index contributed by atoms with van der Waals surface area (Å²) in [5.74, 6) is 2.56. The standard InChI is InChI=1S/C11H14N2/c1-4-12-13(5-1)8-11-7-9-2-3-10(11)6-9/h1-5,9-11H,6-8H2/t9-,10?,11+/m1/s1. The Balaban J connectivity index is 1.72. The van der Waals surface area contributed by atoms with E-state index >= 15 is 0 Å². The van der Waals surface area contributed by atoms with Crippen molar-refractivity contribution in [2.24, 2.45) is 17.8 Å². The molecular formula is C11H14N2. The van der Waals surface area contributed by atoms with Gasteiger partial charge in [-0.05, 0) is 36.7 Å². The van der Waals surface area contributed by atoms with Crippen molar-refractivity contribution in [2.45, 2.75) is 19.4 Å². The number of hydrogen-bond donors (Lipinski definition) is 0. The fourth-order valence-corrected chi connectivity index (χ4v) is 2.75. The molecule has 3 rings (SSSR count). The molecule has 0 aliphatic heterocycles. The molecule has 0 spiro atoms. The summed E-state index contributed by atoms with van der Waals surface area (Å²) in [6, 6.07) is 2.00. The molecule has 0 aromatic carbocycles. The lowest BCUT2D eigenvalue weighted by Gasteiger charge is -2.17. The molecular weight excluding hydrogens is 160 g/mol. The van der Waals surface area contributed by atoms with Crippen molar-refractivity contribution in [3.63, 3.8) is 0 Å². The van der Waals surface area contributed by atoms with E-state index in [0.29, 0.717) is 0 Å². The predicted molar refractivity (Wildman–Crippen MR) is 51.1 cm³/mol. The van der Waals surface area contributed by atoms with Crippen LogP contribution in [-0.2, 0) is 6.54 Å². The van der Waals surface area contributed by atoms with E-state index < -0.39 is 0 Å². The van der Waals surface area contributed by atoms with Gasteiger partial charge in [0.1, 0.15) is 0 Å². The van der Waals surface area contributed by atoms with Gasteiger partial charge in [0.15, 0.2) is 0 Å². The van der Waals surface area contributed by atoms with Crippen molar-refractivity contribution in [2.75, 3.05) is 0 Å². The van der Waals surface area contributed by atoms with E-state index in [4.69, 9.17) is 0 Å². The van der Waals surface area contributed by atoms with E-state index in [-0.39, 0.29) is 0 Å². The van der Waals surface area contributed by atoms with Gasteiger partial charge in [0.2, 0.25) is 0 Å². The number of fused-ring (bicyclic) bond motifs is 2. The zero-order chi connectivity index (χ0) is 8.67. The van der Waals surface area contributed by atoms with Crippen LogP contribution in [0.25, 0.3) is 0 Å².